The Kier molecular flexibility index (Phi) is 10.3. The van der Waals surface area contributed by atoms with Gasteiger partial charge < -0.3 is 16.0 Å². The van der Waals surface area contributed by atoms with Crippen molar-refractivity contribution in [3.05, 3.63) is 35.9 Å². The van der Waals surface area contributed by atoms with Gasteiger partial charge in [0.1, 0.15) is 0 Å². The fourth-order valence-electron chi connectivity index (χ4n) is 2.65. The first-order chi connectivity index (χ1) is 11.6. The molecule has 0 aliphatic carbocycles. The van der Waals surface area contributed by atoms with Gasteiger partial charge in [0.05, 0.1) is 0 Å². The largest absolute Gasteiger partial charge is 0.356 e. The zero-order chi connectivity index (χ0) is 17.3. The second-order valence-corrected chi connectivity index (χ2v) is 7.95. The number of carbonyl (C=O) groups excluding carboxylic acids is 1. The van der Waals surface area contributed by atoms with E-state index < -0.39 is 0 Å². The minimum atomic E-state index is 0. The Balaban J connectivity index is 0.00000312. The predicted molar refractivity (Wildman–Crippen MR) is 118 cm³/mol. The van der Waals surface area contributed by atoms with E-state index >= 15 is 0 Å². The summed E-state index contributed by atoms with van der Waals surface area (Å²) in [4.78, 5) is 16.1. The molecule has 1 atom stereocenters. The minimum Gasteiger partial charge on any atom is -0.356 e. The molecule has 0 radical (unpaired) electrons. The van der Waals surface area contributed by atoms with Crippen LogP contribution in [0.15, 0.2) is 35.3 Å². The van der Waals surface area contributed by atoms with Crippen molar-refractivity contribution in [2.45, 2.75) is 37.5 Å². The predicted octanol–water partition coefficient (Wildman–Crippen LogP) is 2.76. The van der Waals surface area contributed by atoms with Crippen LogP contribution in [0.1, 0.15) is 31.7 Å². The van der Waals surface area contributed by atoms with E-state index in [2.05, 4.69) is 27.9 Å². The molecule has 0 saturated carbocycles. The van der Waals surface area contributed by atoms with Crippen LogP contribution in [0.2, 0.25) is 0 Å². The topological polar surface area (TPSA) is 65.5 Å². The van der Waals surface area contributed by atoms with Crippen LogP contribution >= 0.6 is 35.7 Å². The molecule has 0 bridgehead atoms. The maximum atomic E-state index is 11.9. The Hall–Kier alpha value is -0.960. The number of hydrogen-bond acceptors (Lipinski definition) is 3. The van der Waals surface area contributed by atoms with E-state index in [1.54, 1.807) is 7.05 Å². The van der Waals surface area contributed by atoms with E-state index in [-0.39, 0.29) is 29.9 Å². The highest BCUT2D eigenvalue weighted by molar-refractivity contribution is 14.0. The lowest BCUT2D eigenvalue weighted by molar-refractivity contribution is -0.121. The van der Waals surface area contributed by atoms with Crippen molar-refractivity contribution < 1.29 is 4.79 Å². The summed E-state index contributed by atoms with van der Waals surface area (Å²) >= 11 is 2.02. The number of nitrogens with one attached hydrogen (secondary N) is 3. The van der Waals surface area contributed by atoms with Crippen molar-refractivity contribution in [3.8, 4) is 0 Å². The Labute approximate surface area is 172 Å². The van der Waals surface area contributed by atoms with Crippen molar-refractivity contribution in [1.82, 2.24) is 16.0 Å². The van der Waals surface area contributed by atoms with E-state index in [0.717, 1.165) is 18.1 Å². The number of carbonyl (C=O) groups is 1. The summed E-state index contributed by atoms with van der Waals surface area (Å²) in [5.41, 5.74) is 1.11. The van der Waals surface area contributed by atoms with Gasteiger partial charge in [-0.2, -0.15) is 11.8 Å². The van der Waals surface area contributed by atoms with Gasteiger partial charge in [0.25, 0.3) is 0 Å². The minimum absolute atomic E-state index is 0. The van der Waals surface area contributed by atoms with Gasteiger partial charge in [-0.3, -0.25) is 9.79 Å². The molecular formula is C18H29IN4OS. The van der Waals surface area contributed by atoms with Gasteiger partial charge in [0.2, 0.25) is 5.91 Å². The third kappa shape index (κ3) is 8.31. The summed E-state index contributed by atoms with van der Waals surface area (Å²) in [7, 11) is 1.76. The SMILES string of the molecule is CN=C(NCCC(=O)NCc1ccccc1)NCC1(C)CCCS1.I. The molecule has 7 heteroatoms. The van der Waals surface area contributed by atoms with Crippen LogP contribution in [0.3, 0.4) is 0 Å². The fraction of sp³-hybridized carbons (Fsp3) is 0.556. The molecule has 1 fully saturated rings. The summed E-state index contributed by atoms with van der Waals surface area (Å²) in [5.74, 6) is 2.05. The van der Waals surface area contributed by atoms with Crippen LogP contribution in [0.4, 0.5) is 0 Å². The lowest BCUT2D eigenvalue weighted by atomic mass is 10.1. The molecule has 1 aliphatic rings. The highest BCUT2D eigenvalue weighted by Gasteiger charge is 2.29. The van der Waals surface area contributed by atoms with Crippen LogP contribution in [0.5, 0.6) is 0 Å². The Morgan fingerprint density at radius 1 is 1.24 bits per heavy atom. The van der Waals surface area contributed by atoms with Crippen molar-refractivity contribution in [2.75, 3.05) is 25.9 Å². The third-order valence-electron chi connectivity index (χ3n) is 4.13. The quantitative estimate of drug-likeness (QED) is 0.322. The van der Waals surface area contributed by atoms with E-state index in [1.165, 1.54) is 18.6 Å². The van der Waals surface area contributed by atoms with Gasteiger partial charge in [0.15, 0.2) is 5.96 Å². The fourth-order valence-corrected chi connectivity index (χ4v) is 3.89. The molecule has 0 aromatic heterocycles. The lowest BCUT2D eigenvalue weighted by Crippen LogP contribution is -2.44. The van der Waals surface area contributed by atoms with Gasteiger partial charge in [0, 0.05) is 37.8 Å². The van der Waals surface area contributed by atoms with Gasteiger partial charge in [-0.1, -0.05) is 30.3 Å². The van der Waals surface area contributed by atoms with E-state index in [4.69, 9.17) is 0 Å². The molecule has 0 spiro atoms. The second-order valence-electron chi connectivity index (χ2n) is 6.27. The van der Waals surface area contributed by atoms with E-state index in [9.17, 15) is 4.79 Å². The molecule has 1 saturated heterocycles. The molecule has 1 amide bonds. The number of aliphatic imine (C=N–C) groups is 1. The normalized spacial score (nSPS) is 19.8. The summed E-state index contributed by atoms with van der Waals surface area (Å²) in [5, 5.41) is 9.51. The maximum Gasteiger partial charge on any atom is 0.222 e. The number of nitrogens with zero attached hydrogens (tertiary/aromatic N) is 1. The standard InChI is InChI=1S/C18H28N4OS.HI/c1-18(10-6-12-24-18)14-22-17(19-2)20-11-9-16(23)21-13-15-7-4-3-5-8-15;/h3-5,7-8H,6,9-14H2,1-2H3,(H,21,23)(H2,19,20,22);1H. The molecule has 25 heavy (non-hydrogen) atoms. The number of thioether (sulfide) groups is 1. The molecule has 5 nitrogen and oxygen atoms in total. The van der Waals surface area contributed by atoms with Crippen molar-refractivity contribution in [1.29, 1.82) is 0 Å². The van der Waals surface area contributed by atoms with Crippen LogP contribution in [0, 0.1) is 0 Å². The van der Waals surface area contributed by atoms with Crippen molar-refractivity contribution in [2.24, 2.45) is 4.99 Å². The van der Waals surface area contributed by atoms with Crippen LogP contribution in [-0.2, 0) is 11.3 Å². The summed E-state index contributed by atoms with van der Waals surface area (Å²) in [6.45, 7) is 4.34. The molecule has 1 unspecified atom stereocenters. The van der Waals surface area contributed by atoms with Crippen molar-refractivity contribution in [3.63, 3.8) is 0 Å². The van der Waals surface area contributed by atoms with E-state index in [0.29, 0.717) is 24.3 Å². The number of guanidine groups is 1. The zero-order valence-electron chi connectivity index (χ0n) is 15.0. The molecular weight excluding hydrogens is 447 g/mol. The number of hydrogen-bond donors (Lipinski definition) is 3. The molecule has 1 aromatic carbocycles. The first-order valence-electron chi connectivity index (χ1n) is 8.50. The first kappa shape index (κ1) is 22.1. The lowest BCUT2D eigenvalue weighted by Gasteiger charge is -2.24. The Morgan fingerprint density at radius 3 is 2.64 bits per heavy atom. The summed E-state index contributed by atoms with van der Waals surface area (Å²) in [6, 6.07) is 9.93. The van der Waals surface area contributed by atoms with Gasteiger partial charge in [-0.15, -0.1) is 24.0 Å². The molecule has 1 aromatic rings. The molecule has 140 valence electrons. The first-order valence-corrected chi connectivity index (χ1v) is 9.49. The number of rotatable bonds is 7. The van der Waals surface area contributed by atoms with Gasteiger partial charge in [-0.25, -0.2) is 0 Å². The summed E-state index contributed by atoms with van der Waals surface area (Å²) in [6.07, 6.45) is 2.96. The molecule has 1 heterocycles. The van der Waals surface area contributed by atoms with Gasteiger partial charge >= 0.3 is 0 Å². The smallest absolute Gasteiger partial charge is 0.222 e. The molecule has 2 rings (SSSR count). The van der Waals surface area contributed by atoms with Crippen LogP contribution < -0.4 is 16.0 Å². The number of halogens is 1. The average Bonchev–Trinajstić information content (AvgIpc) is 3.04. The highest BCUT2D eigenvalue weighted by Crippen LogP contribution is 2.36. The Bertz CT molecular complexity index is 547. The maximum absolute atomic E-state index is 11.9. The van der Waals surface area contributed by atoms with Crippen LogP contribution in [-0.4, -0.2) is 42.5 Å². The highest BCUT2D eigenvalue weighted by atomic mass is 127. The third-order valence-corrected chi connectivity index (χ3v) is 5.67. The van der Waals surface area contributed by atoms with Crippen LogP contribution in [0.25, 0.3) is 0 Å². The van der Waals surface area contributed by atoms with Crippen molar-refractivity contribution >= 4 is 47.6 Å². The number of benzene rings is 1. The molecule has 3 N–H and O–H groups in total. The summed E-state index contributed by atoms with van der Waals surface area (Å²) < 4.78 is 0.296. The molecule has 1 aliphatic heterocycles. The Morgan fingerprint density at radius 2 is 2.00 bits per heavy atom. The monoisotopic (exact) mass is 476 g/mol. The van der Waals surface area contributed by atoms with Gasteiger partial charge in [-0.05, 0) is 31.1 Å². The van der Waals surface area contributed by atoms with E-state index in [1.807, 2.05) is 42.1 Å². The number of amides is 1. The second kappa shape index (κ2) is 11.6. The average molecular weight is 476 g/mol. The zero-order valence-corrected chi connectivity index (χ0v) is 18.2.